The van der Waals surface area contributed by atoms with Crippen molar-refractivity contribution < 1.29 is 13.5 Å². The average Bonchev–Trinajstić information content (AvgIpc) is 2.16. The van der Waals surface area contributed by atoms with Crippen molar-refractivity contribution in [2.45, 2.75) is 26.0 Å². The Morgan fingerprint density at radius 1 is 1.40 bits per heavy atom. The normalized spacial score (nSPS) is 15.9. The topological polar surface area (TPSA) is 21.3 Å². The summed E-state index contributed by atoms with van der Waals surface area (Å²) in [4.78, 5) is 0. The quantitative estimate of drug-likeness (QED) is 0.814. The molecule has 1 N–H and O–H groups in total. The van der Waals surface area contributed by atoms with Crippen molar-refractivity contribution in [1.29, 1.82) is 0 Å². The Bertz CT molecular complexity index is 360. The molecule has 1 aromatic rings. The van der Waals surface area contributed by atoms with Gasteiger partial charge in [-0.05, 0) is 24.6 Å². The summed E-state index contributed by atoms with van der Waals surface area (Å²) in [6.07, 6.45) is -2.37. The first kappa shape index (κ1) is 10.4. The molecule has 1 aromatic carbocycles. The Hall–Kier alpha value is -1.16. The number of alkyl halides is 2. The molecule has 0 saturated carbocycles. The van der Waals surface area contributed by atoms with Crippen LogP contribution in [0.1, 0.15) is 18.1 Å². The number of benzene rings is 1. The van der Waals surface area contributed by atoms with E-state index in [1.54, 1.807) is 12.1 Å². The minimum atomic E-state index is -3.11. The maximum absolute atomic E-state index is 12.7. The Balaban J connectivity index is 2.31. The lowest BCUT2D eigenvalue weighted by atomic mass is 10.0. The number of ether oxygens (including phenoxy) is 1. The van der Waals surface area contributed by atoms with Crippen LogP contribution in [-0.4, -0.2) is 12.7 Å². The predicted molar refractivity (Wildman–Crippen MR) is 53.1 cm³/mol. The van der Waals surface area contributed by atoms with E-state index in [-0.39, 0.29) is 0 Å². The third kappa shape index (κ3) is 2.45. The zero-order valence-electron chi connectivity index (χ0n) is 8.52. The second kappa shape index (κ2) is 3.77. The van der Waals surface area contributed by atoms with Crippen LogP contribution in [0.25, 0.3) is 0 Å². The van der Waals surface area contributed by atoms with Crippen molar-refractivity contribution in [3.05, 3.63) is 29.3 Å². The summed E-state index contributed by atoms with van der Waals surface area (Å²) in [6, 6.07) is 5.27. The van der Waals surface area contributed by atoms with Crippen LogP contribution in [0.3, 0.4) is 0 Å². The van der Waals surface area contributed by atoms with Crippen LogP contribution < -0.4 is 10.1 Å². The van der Waals surface area contributed by atoms with E-state index in [1.165, 1.54) is 0 Å². The third-order valence-corrected chi connectivity index (χ3v) is 2.39. The predicted octanol–water partition coefficient (Wildman–Crippen LogP) is 2.32. The lowest BCUT2D eigenvalue weighted by Crippen LogP contribution is -2.26. The Morgan fingerprint density at radius 2 is 2.20 bits per heavy atom. The molecular weight excluding hydrogens is 200 g/mol. The molecular formula is C11H13F2NO. The maximum atomic E-state index is 12.7. The molecule has 1 heterocycles. The van der Waals surface area contributed by atoms with Crippen molar-refractivity contribution >= 4 is 0 Å². The highest BCUT2D eigenvalue weighted by Crippen LogP contribution is 2.29. The largest absolute Gasteiger partial charge is 0.432 e. The van der Waals surface area contributed by atoms with E-state index < -0.39 is 6.11 Å². The second-order valence-corrected chi connectivity index (χ2v) is 3.73. The molecule has 1 aliphatic rings. The highest BCUT2D eigenvalue weighted by Gasteiger charge is 2.25. The molecule has 0 bridgehead atoms. The summed E-state index contributed by atoms with van der Waals surface area (Å²) >= 11 is 0. The fourth-order valence-electron chi connectivity index (χ4n) is 1.79. The molecule has 0 fully saturated rings. The molecule has 0 radical (unpaired) electrons. The zero-order valence-corrected chi connectivity index (χ0v) is 8.52. The molecule has 0 amide bonds. The molecule has 15 heavy (non-hydrogen) atoms. The summed E-state index contributed by atoms with van der Waals surface area (Å²) in [6.45, 7) is 2.29. The van der Waals surface area contributed by atoms with E-state index in [9.17, 15) is 8.78 Å². The van der Waals surface area contributed by atoms with Gasteiger partial charge in [0.15, 0.2) is 0 Å². The number of rotatable bonds is 2. The molecule has 2 nitrogen and oxygen atoms in total. The highest BCUT2D eigenvalue weighted by atomic mass is 19.3. The standard InChI is InChI=1S/C11H13F2NO/c1-11(12,13)15-10-4-2-3-8-7-14-6-5-9(8)10/h2-4,14H,5-7H2,1H3. The van der Waals surface area contributed by atoms with Gasteiger partial charge in [0.05, 0.1) is 0 Å². The molecule has 2 rings (SSSR count). The molecule has 4 heteroatoms. The first-order valence-electron chi connectivity index (χ1n) is 4.94. The summed E-state index contributed by atoms with van der Waals surface area (Å²) in [7, 11) is 0. The van der Waals surface area contributed by atoms with Gasteiger partial charge in [0.1, 0.15) is 5.75 Å². The smallest absolute Gasteiger partial charge is 0.394 e. The first-order valence-corrected chi connectivity index (χ1v) is 4.94. The van der Waals surface area contributed by atoms with Gasteiger partial charge in [-0.1, -0.05) is 12.1 Å². The Morgan fingerprint density at radius 3 is 2.93 bits per heavy atom. The lowest BCUT2D eigenvalue weighted by molar-refractivity contribution is -0.159. The van der Waals surface area contributed by atoms with E-state index in [4.69, 9.17) is 0 Å². The summed E-state index contributed by atoms with van der Waals surface area (Å²) in [5.74, 6) is 0.307. The summed E-state index contributed by atoms with van der Waals surface area (Å²) in [5.41, 5.74) is 1.95. The monoisotopic (exact) mass is 213 g/mol. The van der Waals surface area contributed by atoms with E-state index in [2.05, 4.69) is 10.1 Å². The van der Waals surface area contributed by atoms with Gasteiger partial charge < -0.3 is 10.1 Å². The highest BCUT2D eigenvalue weighted by molar-refractivity contribution is 5.41. The fraction of sp³-hybridized carbons (Fsp3) is 0.455. The molecule has 0 spiro atoms. The minimum Gasteiger partial charge on any atom is -0.432 e. The first-order chi connectivity index (χ1) is 7.06. The van der Waals surface area contributed by atoms with Crippen molar-refractivity contribution in [3.63, 3.8) is 0 Å². The number of fused-ring (bicyclic) bond motifs is 1. The molecule has 1 aliphatic heterocycles. The van der Waals surface area contributed by atoms with Gasteiger partial charge in [0, 0.05) is 19.0 Å². The van der Waals surface area contributed by atoms with Crippen LogP contribution in [0.2, 0.25) is 0 Å². The van der Waals surface area contributed by atoms with Gasteiger partial charge in [-0.2, -0.15) is 8.78 Å². The van der Waals surface area contributed by atoms with Crippen molar-refractivity contribution in [2.75, 3.05) is 6.54 Å². The number of halogens is 2. The fourth-order valence-corrected chi connectivity index (χ4v) is 1.79. The van der Waals surface area contributed by atoms with E-state index in [1.807, 2.05) is 6.07 Å². The average molecular weight is 213 g/mol. The van der Waals surface area contributed by atoms with E-state index >= 15 is 0 Å². The molecule has 0 atom stereocenters. The van der Waals surface area contributed by atoms with Crippen LogP contribution in [0.5, 0.6) is 5.75 Å². The van der Waals surface area contributed by atoms with Crippen molar-refractivity contribution in [2.24, 2.45) is 0 Å². The van der Waals surface area contributed by atoms with Gasteiger partial charge >= 0.3 is 6.11 Å². The third-order valence-electron chi connectivity index (χ3n) is 2.39. The van der Waals surface area contributed by atoms with Crippen LogP contribution >= 0.6 is 0 Å². The van der Waals surface area contributed by atoms with Crippen molar-refractivity contribution in [1.82, 2.24) is 5.32 Å². The van der Waals surface area contributed by atoms with Crippen LogP contribution in [0.4, 0.5) is 8.78 Å². The summed E-state index contributed by atoms with van der Waals surface area (Å²) < 4.78 is 30.1. The SMILES string of the molecule is CC(F)(F)Oc1cccc2c1CCNC2. The van der Waals surface area contributed by atoms with Gasteiger partial charge in [-0.25, -0.2) is 0 Å². The Kier molecular flexibility index (Phi) is 2.61. The van der Waals surface area contributed by atoms with Crippen LogP contribution in [0.15, 0.2) is 18.2 Å². The molecule has 0 unspecified atom stereocenters. The van der Waals surface area contributed by atoms with E-state index in [0.29, 0.717) is 5.75 Å². The molecule has 0 aliphatic carbocycles. The van der Waals surface area contributed by atoms with Gasteiger partial charge in [0.25, 0.3) is 0 Å². The lowest BCUT2D eigenvalue weighted by Gasteiger charge is -2.22. The number of nitrogens with one attached hydrogen (secondary N) is 1. The second-order valence-electron chi connectivity index (χ2n) is 3.73. The van der Waals surface area contributed by atoms with E-state index in [0.717, 1.165) is 37.6 Å². The van der Waals surface area contributed by atoms with Crippen LogP contribution in [-0.2, 0) is 13.0 Å². The van der Waals surface area contributed by atoms with Crippen LogP contribution in [0, 0.1) is 0 Å². The summed E-state index contributed by atoms with van der Waals surface area (Å²) in [5, 5.41) is 3.19. The zero-order chi connectivity index (χ0) is 10.9. The minimum absolute atomic E-state index is 0.307. The molecule has 0 aromatic heterocycles. The number of hydrogen-bond donors (Lipinski definition) is 1. The van der Waals surface area contributed by atoms with Gasteiger partial charge in [0.2, 0.25) is 0 Å². The molecule has 0 saturated heterocycles. The van der Waals surface area contributed by atoms with Gasteiger partial charge in [-0.3, -0.25) is 0 Å². The molecule has 82 valence electrons. The number of hydrogen-bond acceptors (Lipinski definition) is 2. The maximum Gasteiger partial charge on any atom is 0.394 e. The van der Waals surface area contributed by atoms with Crippen molar-refractivity contribution in [3.8, 4) is 5.75 Å². The van der Waals surface area contributed by atoms with Gasteiger partial charge in [-0.15, -0.1) is 0 Å². The Labute approximate surface area is 87.2 Å².